The first-order valence-corrected chi connectivity index (χ1v) is 9.09. The Kier molecular flexibility index (Phi) is 4.83. The van der Waals surface area contributed by atoms with Crippen molar-refractivity contribution >= 4 is 10.9 Å². The van der Waals surface area contributed by atoms with E-state index in [1.54, 1.807) is 18.3 Å². The third-order valence-electron chi connectivity index (χ3n) is 5.23. The third kappa shape index (κ3) is 3.95. The summed E-state index contributed by atoms with van der Waals surface area (Å²) in [5, 5.41) is 1.02. The van der Waals surface area contributed by atoms with Gasteiger partial charge in [-0.05, 0) is 55.8 Å². The number of fused-ring (bicyclic) bond motifs is 1. The Morgan fingerprint density at radius 1 is 1.00 bits per heavy atom. The number of pyridine rings is 2. The van der Waals surface area contributed by atoms with E-state index in [0.717, 1.165) is 48.6 Å². The second-order valence-corrected chi connectivity index (χ2v) is 7.01. The Hall–Kier alpha value is -2.47. The second-order valence-electron chi connectivity index (χ2n) is 7.01. The molecule has 0 atom stereocenters. The lowest BCUT2D eigenvalue weighted by Gasteiger charge is -2.32. The minimum absolute atomic E-state index is 0.325. The van der Waals surface area contributed by atoms with Crippen molar-refractivity contribution in [2.75, 3.05) is 13.1 Å². The standard InChI is InChI=1S/C21H20F3N3/c22-21(23,24)18-6-2-1-4-17(18)14-27-10-7-15(8-11-27)19-12-20-16(13-26-19)5-3-9-25-20/h1-6,9,12-13,15H,7-8,10-11,14H2. The summed E-state index contributed by atoms with van der Waals surface area (Å²) in [6.45, 7) is 1.85. The minimum atomic E-state index is -4.31. The number of halogens is 3. The van der Waals surface area contributed by atoms with Gasteiger partial charge in [-0.25, -0.2) is 0 Å². The molecule has 0 N–H and O–H groups in total. The van der Waals surface area contributed by atoms with Crippen LogP contribution in [0.25, 0.3) is 10.9 Å². The van der Waals surface area contributed by atoms with Crippen molar-refractivity contribution in [2.24, 2.45) is 0 Å². The molecule has 0 amide bonds. The zero-order chi connectivity index (χ0) is 18.9. The molecular weight excluding hydrogens is 351 g/mol. The lowest BCUT2D eigenvalue weighted by atomic mass is 9.92. The molecule has 3 nitrogen and oxygen atoms in total. The first-order chi connectivity index (χ1) is 13.0. The van der Waals surface area contributed by atoms with E-state index in [1.165, 1.54) is 6.07 Å². The molecule has 0 saturated carbocycles. The molecule has 0 radical (unpaired) electrons. The van der Waals surface area contributed by atoms with Gasteiger partial charge in [0.05, 0.1) is 11.1 Å². The average molecular weight is 371 g/mol. The molecule has 27 heavy (non-hydrogen) atoms. The average Bonchev–Trinajstić information content (AvgIpc) is 2.68. The van der Waals surface area contributed by atoms with Gasteiger partial charge in [0, 0.05) is 35.9 Å². The molecule has 3 heterocycles. The molecule has 3 aromatic rings. The summed E-state index contributed by atoms with van der Waals surface area (Å²) in [5.41, 5.74) is 1.77. The highest BCUT2D eigenvalue weighted by molar-refractivity contribution is 5.77. The van der Waals surface area contributed by atoms with Crippen LogP contribution in [0.5, 0.6) is 0 Å². The maximum atomic E-state index is 13.2. The SMILES string of the molecule is FC(F)(F)c1ccccc1CN1CCC(c2cc3ncccc3cn2)CC1. The summed E-state index contributed by atoms with van der Waals surface area (Å²) >= 11 is 0. The van der Waals surface area contributed by atoms with E-state index in [4.69, 9.17) is 0 Å². The highest BCUT2D eigenvalue weighted by atomic mass is 19.4. The molecule has 0 bridgehead atoms. The Balaban J connectivity index is 1.43. The summed E-state index contributed by atoms with van der Waals surface area (Å²) in [7, 11) is 0. The van der Waals surface area contributed by atoms with Gasteiger partial charge in [0.1, 0.15) is 0 Å². The Bertz CT molecular complexity index is 931. The van der Waals surface area contributed by atoms with Crippen molar-refractivity contribution in [3.05, 3.63) is 71.7 Å². The summed E-state index contributed by atoms with van der Waals surface area (Å²) < 4.78 is 39.5. The molecule has 1 saturated heterocycles. The van der Waals surface area contributed by atoms with Gasteiger partial charge in [-0.3, -0.25) is 14.9 Å². The van der Waals surface area contributed by atoms with Crippen molar-refractivity contribution in [2.45, 2.75) is 31.5 Å². The quantitative estimate of drug-likeness (QED) is 0.647. The maximum Gasteiger partial charge on any atom is 0.416 e. The van der Waals surface area contributed by atoms with Crippen LogP contribution in [-0.4, -0.2) is 28.0 Å². The summed E-state index contributed by atoms with van der Waals surface area (Å²) in [5.74, 6) is 0.325. The first-order valence-electron chi connectivity index (χ1n) is 9.09. The predicted molar refractivity (Wildman–Crippen MR) is 98.2 cm³/mol. The van der Waals surface area contributed by atoms with Crippen LogP contribution in [0.15, 0.2) is 54.9 Å². The molecule has 4 rings (SSSR count). The molecule has 1 fully saturated rings. The molecule has 0 spiro atoms. The predicted octanol–water partition coefficient (Wildman–Crippen LogP) is 5.03. The lowest BCUT2D eigenvalue weighted by molar-refractivity contribution is -0.138. The topological polar surface area (TPSA) is 29.0 Å². The highest BCUT2D eigenvalue weighted by Crippen LogP contribution is 2.34. The van der Waals surface area contributed by atoms with Gasteiger partial charge in [-0.15, -0.1) is 0 Å². The van der Waals surface area contributed by atoms with Crippen molar-refractivity contribution in [1.82, 2.24) is 14.9 Å². The monoisotopic (exact) mass is 371 g/mol. The van der Waals surface area contributed by atoms with E-state index in [9.17, 15) is 13.2 Å². The van der Waals surface area contributed by atoms with E-state index >= 15 is 0 Å². The molecule has 140 valence electrons. The van der Waals surface area contributed by atoms with Gasteiger partial charge in [0.25, 0.3) is 0 Å². The van der Waals surface area contributed by atoms with Crippen LogP contribution in [-0.2, 0) is 12.7 Å². The Morgan fingerprint density at radius 3 is 2.56 bits per heavy atom. The van der Waals surface area contributed by atoms with Gasteiger partial charge in [0.2, 0.25) is 0 Å². The number of alkyl halides is 3. The van der Waals surface area contributed by atoms with E-state index in [-0.39, 0.29) is 0 Å². The van der Waals surface area contributed by atoms with Gasteiger partial charge >= 0.3 is 6.18 Å². The number of hydrogen-bond acceptors (Lipinski definition) is 3. The summed E-state index contributed by atoms with van der Waals surface area (Å²) in [4.78, 5) is 11.1. The summed E-state index contributed by atoms with van der Waals surface area (Å²) in [6.07, 6.45) is 1.09. The van der Waals surface area contributed by atoms with E-state index in [0.29, 0.717) is 18.0 Å². The molecule has 1 aliphatic heterocycles. The molecule has 2 aromatic heterocycles. The van der Waals surface area contributed by atoms with Crippen LogP contribution >= 0.6 is 0 Å². The van der Waals surface area contributed by atoms with E-state index in [2.05, 4.69) is 14.9 Å². The molecule has 1 aromatic carbocycles. The fourth-order valence-corrected chi connectivity index (χ4v) is 3.77. The van der Waals surface area contributed by atoms with Crippen LogP contribution in [0.1, 0.15) is 35.6 Å². The lowest BCUT2D eigenvalue weighted by Crippen LogP contribution is -2.33. The zero-order valence-electron chi connectivity index (χ0n) is 14.8. The molecule has 0 aliphatic carbocycles. The Morgan fingerprint density at radius 2 is 1.78 bits per heavy atom. The van der Waals surface area contributed by atoms with Crippen molar-refractivity contribution in [3.63, 3.8) is 0 Å². The van der Waals surface area contributed by atoms with Gasteiger partial charge in [0.15, 0.2) is 0 Å². The van der Waals surface area contributed by atoms with Gasteiger partial charge in [-0.2, -0.15) is 13.2 Å². The second kappa shape index (κ2) is 7.27. The Labute approximate surface area is 155 Å². The maximum absolute atomic E-state index is 13.2. The zero-order valence-corrected chi connectivity index (χ0v) is 14.8. The van der Waals surface area contributed by atoms with E-state index in [1.807, 2.05) is 24.4 Å². The number of piperidine rings is 1. The number of nitrogens with zero attached hydrogens (tertiary/aromatic N) is 3. The van der Waals surface area contributed by atoms with Crippen molar-refractivity contribution < 1.29 is 13.2 Å². The molecule has 6 heteroatoms. The number of rotatable bonds is 3. The number of hydrogen-bond donors (Lipinski definition) is 0. The number of benzene rings is 1. The van der Waals surface area contributed by atoms with Gasteiger partial charge < -0.3 is 0 Å². The summed E-state index contributed by atoms with van der Waals surface area (Å²) in [6, 6.07) is 11.8. The van der Waals surface area contributed by atoms with E-state index < -0.39 is 11.7 Å². The molecular formula is C21H20F3N3. The minimum Gasteiger partial charge on any atom is -0.299 e. The fraction of sp³-hybridized carbons (Fsp3) is 0.333. The number of aromatic nitrogens is 2. The van der Waals surface area contributed by atoms with Gasteiger partial charge in [-0.1, -0.05) is 18.2 Å². The fourth-order valence-electron chi connectivity index (χ4n) is 3.77. The van der Waals surface area contributed by atoms with Crippen molar-refractivity contribution in [3.8, 4) is 0 Å². The highest BCUT2D eigenvalue weighted by Gasteiger charge is 2.33. The third-order valence-corrected chi connectivity index (χ3v) is 5.23. The van der Waals surface area contributed by atoms with Crippen LogP contribution in [0.2, 0.25) is 0 Å². The van der Waals surface area contributed by atoms with Crippen LogP contribution in [0.3, 0.4) is 0 Å². The van der Waals surface area contributed by atoms with Crippen LogP contribution in [0.4, 0.5) is 13.2 Å². The smallest absolute Gasteiger partial charge is 0.299 e. The van der Waals surface area contributed by atoms with Crippen molar-refractivity contribution in [1.29, 1.82) is 0 Å². The first kappa shape index (κ1) is 17.9. The van der Waals surface area contributed by atoms with Crippen LogP contribution in [0, 0.1) is 0 Å². The molecule has 0 unspecified atom stereocenters. The normalized spacial score (nSPS) is 16.7. The number of likely N-dealkylation sites (tertiary alicyclic amines) is 1. The largest absolute Gasteiger partial charge is 0.416 e. The molecule has 1 aliphatic rings. The van der Waals surface area contributed by atoms with Crippen LogP contribution < -0.4 is 0 Å².